The summed E-state index contributed by atoms with van der Waals surface area (Å²) in [6.45, 7) is 4.69. The molecule has 2 aliphatic rings. The van der Waals surface area contributed by atoms with Gasteiger partial charge in [0.1, 0.15) is 6.17 Å². The lowest BCUT2D eigenvalue weighted by Crippen LogP contribution is -2.53. The second-order valence-electron chi connectivity index (χ2n) is 4.18. The second kappa shape index (κ2) is 6.09. The van der Waals surface area contributed by atoms with Crippen LogP contribution in [0.25, 0.3) is 0 Å². The Balaban J connectivity index is 0.000000531. The lowest BCUT2D eigenvalue weighted by molar-refractivity contribution is -0.143. The Hall–Kier alpha value is -0.600. The first kappa shape index (κ1) is 12.5. The number of halogens is 1. The van der Waals surface area contributed by atoms with E-state index in [-0.39, 0.29) is 11.8 Å². The van der Waals surface area contributed by atoms with E-state index in [2.05, 4.69) is 0 Å². The third-order valence-corrected chi connectivity index (χ3v) is 3.10. The molecule has 0 radical (unpaired) electrons. The molecule has 0 atom stereocenters. The zero-order valence-corrected chi connectivity index (χ0v) is 9.84. The first-order valence-corrected chi connectivity index (χ1v) is 6.20. The molecule has 1 saturated heterocycles. The van der Waals surface area contributed by atoms with Gasteiger partial charge in [-0.15, -0.1) is 0 Å². The topological polar surface area (TPSA) is 20.3 Å². The molecule has 1 saturated carbocycles. The van der Waals surface area contributed by atoms with Crippen molar-refractivity contribution in [2.24, 2.45) is 5.92 Å². The lowest BCUT2D eigenvalue weighted by atomic mass is 9.87. The van der Waals surface area contributed by atoms with Gasteiger partial charge in [0.05, 0.1) is 13.1 Å². The van der Waals surface area contributed by atoms with Crippen molar-refractivity contribution in [2.45, 2.75) is 52.1 Å². The molecule has 0 unspecified atom stereocenters. The Morgan fingerprint density at radius 1 is 1.13 bits per heavy atom. The van der Waals surface area contributed by atoms with Crippen molar-refractivity contribution < 1.29 is 9.18 Å². The highest BCUT2D eigenvalue weighted by Crippen LogP contribution is 2.27. The van der Waals surface area contributed by atoms with Gasteiger partial charge in [0.15, 0.2) is 0 Å². The fraction of sp³-hybridized carbons (Fsp3) is 0.917. The summed E-state index contributed by atoms with van der Waals surface area (Å²) in [6.07, 6.45) is 4.88. The smallest absolute Gasteiger partial charge is 0.225 e. The maximum atomic E-state index is 12.5. The van der Waals surface area contributed by atoms with Crippen LogP contribution in [0.4, 0.5) is 4.39 Å². The van der Waals surface area contributed by atoms with Gasteiger partial charge in [-0.2, -0.15) is 0 Å². The zero-order chi connectivity index (χ0) is 11.3. The zero-order valence-electron chi connectivity index (χ0n) is 9.84. The third kappa shape index (κ3) is 3.18. The number of amides is 1. The van der Waals surface area contributed by atoms with Crippen molar-refractivity contribution in [3.63, 3.8) is 0 Å². The van der Waals surface area contributed by atoms with Gasteiger partial charge in [0, 0.05) is 5.92 Å². The van der Waals surface area contributed by atoms with Crippen molar-refractivity contribution in [1.29, 1.82) is 0 Å². The monoisotopic (exact) mass is 215 g/mol. The summed E-state index contributed by atoms with van der Waals surface area (Å²) < 4.78 is 12.5. The highest BCUT2D eigenvalue weighted by Gasteiger charge is 2.34. The summed E-state index contributed by atoms with van der Waals surface area (Å²) in [6, 6.07) is 0. The molecule has 1 heterocycles. The van der Waals surface area contributed by atoms with E-state index < -0.39 is 6.17 Å². The molecule has 0 aromatic carbocycles. The van der Waals surface area contributed by atoms with Crippen molar-refractivity contribution in [2.75, 3.05) is 13.1 Å². The molecule has 2 fully saturated rings. The van der Waals surface area contributed by atoms with Crippen molar-refractivity contribution >= 4 is 5.91 Å². The number of carbonyl (C=O) groups excluding carboxylic acids is 1. The van der Waals surface area contributed by atoms with Crippen LogP contribution in [-0.4, -0.2) is 30.1 Å². The molecule has 2 nitrogen and oxygen atoms in total. The number of hydrogen-bond acceptors (Lipinski definition) is 1. The minimum atomic E-state index is -0.757. The van der Waals surface area contributed by atoms with Gasteiger partial charge >= 0.3 is 0 Å². The Kier molecular flexibility index (Phi) is 5.06. The van der Waals surface area contributed by atoms with E-state index in [1.807, 2.05) is 13.8 Å². The van der Waals surface area contributed by atoms with Gasteiger partial charge < -0.3 is 4.90 Å². The fourth-order valence-electron chi connectivity index (χ4n) is 2.21. The van der Waals surface area contributed by atoms with Gasteiger partial charge in [-0.05, 0) is 12.8 Å². The molecule has 0 spiro atoms. The number of nitrogens with zero attached hydrogens (tertiary/aromatic N) is 1. The van der Waals surface area contributed by atoms with Gasteiger partial charge in [-0.3, -0.25) is 4.79 Å². The number of likely N-dealkylation sites (tertiary alicyclic amines) is 1. The van der Waals surface area contributed by atoms with E-state index in [0.29, 0.717) is 13.1 Å². The van der Waals surface area contributed by atoms with Gasteiger partial charge in [-0.1, -0.05) is 33.1 Å². The van der Waals surface area contributed by atoms with Crippen LogP contribution < -0.4 is 0 Å². The Morgan fingerprint density at radius 2 is 1.67 bits per heavy atom. The van der Waals surface area contributed by atoms with Crippen LogP contribution in [-0.2, 0) is 4.79 Å². The SMILES string of the molecule is CC.O=C(C1CCCCC1)N1CC(F)C1. The summed E-state index contributed by atoms with van der Waals surface area (Å²) in [5.74, 6) is 0.412. The van der Waals surface area contributed by atoms with Crippen LogP contribution in [0.3, 0.4) is 0 Å². The van der Waals surface area contributed by atoms with Crippen LogP contribution in [0.1, 0.15) is 46.0 Å². The summed E-state index contributed by atoms with van der Waals surface area (Å²) >= 11 is 0. The number of hydrogen-bond donors (Lipinski definition) is 0. The third-order valence-electron chi connectivity index (χ3n) is 3.10. The van der Waals surface area contributed by atoms with Crippen molar-refractivity contribution in [3.05, 3.63) is 0 Å². The second-order valence-corrected chi connectivity index (χ2v) is 4.18. The summed E-state index contributed by atoms with van der Waals surface area (Å²) in [7, 11) is 0. The molecule has 0 N–H and O–H groups in total. The van der Waals surface area contributed by atoms with E-state index in [4.69, 9.17) is 0 Å². The minimum Gasteiger partial charge on any atom is -0.336 e. The number of carbonyl (C=O) groups is 1. The maximum absolute atomic E-state index is 12.5. The molecule has 0 aromatic heterocycles. The maximum Gasteiger partial charge on any atom is 0.225 e. The standard InChI is InChI=1S/C10H16FNO.C2H6/c11-9-6-12(7-9)10(13)8-4-2-1-3-5-8;1-2/h8-9H,1-7H2;1-2H3. The largest absolute Gasteiger partial charge is 0.336 e. The Labute approximate surface area is 91.8 Å². The van der Waals surface area contributed by atoms with Crippen LogP contribution >= 0.6 is 0 Å². The molecule has 0 aromatic rings. The summed E-state index contributed by atoms with van der Waals surface area (Å²) in [5, 5.41) is 0. The molecule has 2 rings (SSSR count). The molecular weight excluding hydrogens is 193 g/mol. The number of rotatable bonds is 1. The van der Waals surface area contributed by atoms with Crippen LogP contribution in [0, 0.1) is 5.92 Å². The molecule has 3 heteroatoms. The minimum absolute atomic E-state index is 0.202. The van der Waals surface area contributed by atoms with E-state index >= 15 is 0 Å². The van der Waals surface area contributed by atoms with Crippen LogP contribution in [0.15, 0.2) is 0 Å². The predicted octanol–water partition coefficient (Wildman–Crippen LogP) is 2.77. The highest BCUT2D eigenvalue weighted by molar-refractivity contribution is 5.79. The van der Waals surface area contributed by atoms with Gasteiger partial charge in [-0.25, -0.2) is 4.39 Å². The van der Waals surface area contributed by atoms with Gasteiger partial charge in [0.2, 0.25) is 5.91 Å². The molecule has 1 amide bonds. The van der Waals surface area contributed by atoms with E-state index in [1.165, 1.54) is 19.3 Å². The normalized spacial score (nSPS) is 22.7. The quantitative estimate of drug-likeness (QED) is 0.658. The van der Waals surface area contributed by atoms with Gasteiger partial charge in [0.25, 0.3) is 0 Å². The van der Waals surface area contributed by atoms with E-state index in [1.54, 1.807) is 4.90 Å². The fourth-order valence-corrected chi connectivity index (χ4v) is 2.21. The molecule has 1 aliphatic carbocycles. The summed E-state index contributed by atoms with van der Waals surface area (Å²) in [4.78, 5) is 13.4. The highest BCUT2D eigenvalue weighted by atomic mass is 19.1. The molecular formula is C12H22FNO. The Morgan fingerprint density at radius 3 is 2.13 bits per heavy atom. The average Bonchev–Trinajstić information content (AvgIpc) is 2.28. The van der Waals surface area contributed by atoms with Crippen LogP contribution in [0.2, 0.25) is 0 Å². The first-order chi connectivity index (χ1) is 7.27. The average molecular weight is 215 g/mol. The predicted molar refractivity (Wildman–Crippen MR) is 59.4 cm³/mol. The Bertz CT molecular complexity index is 196. The van der Waals surface area contributed by atoms with E-state index in [0.717, 1.165) is 12.8 Å². The molecule has 1 aliphatic heterocycles. The number of alkyl halides is 1. The van der Waals surface area contributed by atoms with Crippen molar-refractivity contribution in [3.8, 4) is 0 Å². The van der Waals surface area contributed by atoms with Crippen molar-refractivity contribution in [1.82, 2.24) is 4.90 Å². The molecule has 15 heavy (non-hydrogen) atoms. The first-order valence-electron chi connectivity index (χ1n) is 6.20. The molecule has 88 valence electrons. The van der Waals surface area contributed by atoms with Crippen LogP contribution in [0.5, 0.6) is 0 Å². The molecule has 0 bridgehead atoms. The summed E-state index contributed by atoms with van der Waals surface area (Å²) in [5.41, 5.74) is 0. The van der Waals surface area contributed by atoms with E-state index in [9.17, 15) is 9.18 Å². The lowest BCUT2D eigenvalue weighted by Gasteiger charge is -2.37.